The minimum Gasteiger partial charge on any atom is -0.480 e. The van der Waals surface area contributed by atoms with Gasteiger partial charge in [-0.15, -0.1) is 0 Å². The van der Waals surface area contributed by atoms with E-state index in [-0.39, 0.29) is 17.9 Å². The lowest BCUT2D eigenvalue weighted by molar-refractivity contribution is -0.139. The van der Waals surface area contributed by atoms with E-state index in [2.05, 4.69) is 21.3 Å². The van der Waals surface area contributed by atoms with Crippen molar-refractivity contribution in [3.63, 3.8) is 0 Å². The van der Waals surface area contributed by atoms with Crippen LogP contribution in [0.5, 0.6) is 0 Å². The van der Waals surface area contributed by atoms with Crippen molar-refractivity contribution in [2.75, 3.05) is 19.6 Å². The van der Waals surface area contributed by atoms with Gasteiger partial charge in [-0.2, -0.15) is 0 Å². The summed E-state index contributed by atoms with van der Waals surface area (Å²) in [5, 5.41) is 19.5. The zero-order chi connectivity index (χ0) is 21.1. The second kappa shape index (κ2) is 12.3. The highest BCUT2D eigenvalue weighted by Crippen LogP contribution is 2.09. The number of nitrogens with two attached hydrogens (primary N) is 1. The van der Waals surface area contributed by atoms with Crippen LogP contribution in [-0.2, 0) is 19.2 Å². The summed E-state index contributed by atoms with van der Waals surface area (Å²) in [6.07, 6.45) is 3.40. The summed E-state index contributed by atoms with van der Waals surface area (Å²) in [5.74, 6) is -2.70. The Hall–Kier alpha value is -2.20. The highest BCUT2D eigenvalue weighted by molar-refractivity contribution is 5.93. The van der Waals surface area contributed by atoms with Gasteiger partial charge in [-0.3, -0.25) is 19.2 Å². The molecule has 10 heteroatoms. The minimum absolute atomic E-state index is 0.234. The molecule has 160 valence electrons. The van der Waals surface area contributed by atoms with Crippen molar-refractivity contribution in [3.05, 3.63) is 0 Å². The standard InChI is InChI=1S/C18H33N5O5/c1-11(2)15(18(28)21-10-14(24)25)23-17(27)13(6-3-4-8-19)22-16(26)12-7-5-9-20-12/h11-13,15,20H,3-10,19H2,1-2H3,(H,21,28)(H,22,26)(H,23,27)(H,24,25). The SMILES string of the molecule is CC(C)C(NC(=O)C(CCCCN)NC(=O)C1CCCN1)C(=O)NCC(=O)O. The zero-order valence-corrected chi connectivity index (χ0v) is 16.6. The Balaban J connectivity index is 2.75. The minimum atomic E-state index is -1.17. The Morgan fingerprint density at radius 2 is 1.86 bits per heavy atom. The Morgan fingerprint density at radius 3 is 2.39 bits per heavy atom. The summed E-state index contributed by atoms with van der Waals surface area (Å²) in [6, 6.07) is -2.00. The third kappa shape index (κ3) is 8.22. The van der Waals surface area contributed by atoms with Crippen LogP contribution in [0, 0.1) is 5.92 Å². The lowest BCUT2D eigenvalue weighted by atomic mass is 10.0. The molecule has 1 fully saturated rings. The van der Waals surface area contributed by atoms with E-state index in [0.717, 1.165) is 19.4 Å². The van der Waals surface area contributed by atoms with Crippen molar-refractivity contribution in [2.24, 2.45) is 11.7 Å². The van der Waals surface area contributed by atoms with Gasteiger partial charge in [-0.1, -0.05) is 13.8 Å². The molecule has 3 unspecified atom stereocenters. The van der Waals surface area contributed by atoms with Gasteiger partial charge in [0.15, 0.2) is 0 Å². The average molecular weight is 399 g/mol. The van der Waals surface area contributed by atoms with E-state index in [1.807, 2.05) is 0 Å². The van der Waals surface area contributed by atoms with Crippen LogP contribution < -0.4 is 27.0 Å². The molecule has 0 aromatic rings. The van der Waals surface area contributed by atoms with Gasteiger partial charge in [0, 0.05) is 0 Å². The Kier molecular flexibility index (Phi) is 10.5. The van der Waals surface area contributed by atoms with Crippen molar-refractivity contribution in [3.8, 4) is 0 Å². The molecule has 7 N–H and O–H groups in total. The summed E-state index contributed by atoms with van der Waals surface area (Å²) in [4.78, 5) is 48.1. The van der Waals surface area contributed by atoms with Crippen LogP contribution in [0.1, 0.15) is 46.0 Å². The van der Waals surface area contributed by atoms with Crippen LogP contribution in [-0.4, -0.2) is 66.6 Å². The third-order valence-corrected chi connectivity index (χ3v) is 4.62. The molecule has 28 heavy (non-hydrogen) atoms. The van der Waals surface area contributed by atoms with Crippen LogP contribution in [0.15, 0.2) is 0 Å². The van der Waals surface area contributed by atoms with Crippen LogP contribution >= 0.6 is 0 Å². The largest absolute Gasteiger partial charge is 0.480 e. The third-order valence-electron chi connectivity index (χ3n) is 4.62. The van der Waals surface area contributed by atoms with Crippen molar-refractivity contribution >= 4 is 23.7 Å². The Bertz CT molecular complexity index is 548. The quantitative estimate of drug-likeness (QED) is 0.222. The highest BCUT2D eigenvalue weighted by Gasteiger charge is 2.30. The Labute approximate surface area is 165 Å². The molecule has 0 aromatic carbocycles. The number of hydrogen-bond donors (Lipinski definition) is 6. The molecule has 0 aliphatic carbocycles. The van der Waals surface area contributed by atoms with Gasteiger partial charge in [0.1, 0.15) is 18.6 Å². The van der Waals surface area contributed by atoms with Crippen LogP contribution in [0.3, 0.4) is 0 Å². The van der Waals surface area contributed by atoms with E-state index < -0.39 is 36.4 Å². The molecule has 3 atom stereocenters. The van der Waals surface area contributed by atoms with Crippen molar-refractivity contribution in [2.45, 2.75) is 64.1 Å². The molecular weight excluding hydrogens is 366 g/mol. The molecule has 1 rings (SSSR count). The van der Waals surface area contributed by atoms with E-state index in [9.17, 15) is 19.2 Å². The molecule has 0 aromatic heterocycles. The fourth-order valence-corrected chi connectivity index (χ4v) is 3.00. The van der Waals surface area contributed by atoms with Gasteiger partial charge in [-0.05, 0) is 51.1 Å². The maximum atomic E-state index is 12.8. The van der Waals surface area contributed by atoms with Gasteiger partial charge < -0.3 is 32.1 Å². The number of nitrogens with one attached hydrogen (secondary N) is 4. The zero-order valence-electron chi connectivity index (χ0n) is 16.6. The molecule has 0 radical (unpaired) electrons. The van der Waals surface area contributed by atoms with E-state index in [4.69, 9.17) is 10.8 Å². The number of carboxylic acid groups (broad SMARTS) is 1. The topological polar surface area (TPSA) is 163 Å². The van der Waals surface area contributed by atoms with E-state index in [1.165, 1.54) is 0 Å². The summed E-state index contributed by atoms with van der Waals surface area (Å²) in [7, 11) is 0. The molecule has 0 saturated carbocycles. The first-order valence-corrected chi connectivity index (χ1v) is 9.80. The number of carbonyl (C=O) groups is 4. The molecule has 1 aliphatic heterocycles. The number of carbonyl (C=O) groups excluding carboxylic acids is 3. The monoisotopic (exact) mass is 399 g/mol. The van der Waals surface area contributed by atoms with Gasteiger partial charge in [0.2, 0.25) is 17.7 Å². The Morgan fingerprint density at radius 1 is 1.14 bits per heavy atom. The number of hydrogen-bond acceptors (Lipinski definition) is 6. The van der Waals surface area contributed by atoms with E-state index in [1.54, 1.807) is 13.8 Å². The van der Waals surface area contributed by atoms with E-state index >= 15 is 0 Å². The second-order valence-electron chi connectivity index (χ2n) is 7.34. The van der Waals surface area contributed by atoms with Crippen LogP contribution in [0.25, 0.3) is 0 Å². The smallest absolute Gasteiger partial charge is 0.322 e. The van der Waals surface area contributed by atoms with Crippen molar-refractivity contribution < 1.29 is 24.3 Å². The van der Waals surface area contributed by atoms with Crippen molar-refractivity contribution in [1.29, 1.82) is 0 Å². The van der Waals surface area contributed by atoms with Gasteiger partial charge in [0.25, 0.3) is 0 Å². The number of aliphatic carboxylic acids is 1. The lowest BCUT2D eigenvalue weighted by Crippen LogP contribution is -2.57. The first-order valence-electron chi connectivity index (χ1n) is 9.80. The van der Waals surface area contributed by atoms with Crippen LogP contribution in [0.4, 0.5) is 0 Å². The second-order valence-corrected chi connectivity index (χ2v) is 7.34. The van der Waals surface area contributed by atoms with Crippen molar-refractivity contribution in [1.82, 2.24) is 21.3 Å². The normalized spacial score (nSPS) is 18.4. The predicted octanol–water partition coefficient (Wildman–Crippen LogP) is -1.31. The van der Waals surface area contributed by atoms with Gasteiger partial charge in [0.05, 0.1) is 6.04 Å². The van der Waals surface area contributed by atoms with Gasteiger partial charge in [-0.25, -0.2) is 0 Å². The maximum Gasteiger partial charge on any atom is 0.322 e. The molecule has 0 bridgehead atoms. The summed E-state index contributed by atoms with van der Waals surface area (Å²) in [5.41, 5.74) is 5.51. The molecule has 3 amide bonds. The summed E-state index contributed by atoms with van der Waals surface area (Å²) in [6.45, 7) is 4.22. The number of carboxylic acids is 1. The first kappa shape index (κ1) is 23.8. The molecule has 10 nitrogen and oxygen atoms in total. The molecule has 0 spiro atoms. The number of rotatable bonds is 12. The molecule has 1 saturated heterocycles. The first-order chi connectivity index (χ1) is 13.3. The predicted molar refractivity (Wildman–Crippen MR) is 103 cm³/mol. The maximum absolute atomic E-state index is 12.8. The molecular formula is C18H33N5O5. The average Bonchev–Trinajstić information content (AvgIpc) is 3.17. The van der Waals surface area contributed by atoms with Crippen LogP contribution in [0.2, 0.25) is 0 Å². The fourth-order valence-electron chi connectivity index (χ4n) is 3.00. The lowest BCUT2D eigenvalue weighted by Gasteiger charge is -2.26. The van der Waals surface area contributed by atoms with Gasteiger partial charge >= 0.3 is 5.97 Å². The summed E-state index contributed by atoms with van der Waals surface area (Å²) >= 11 is 0. The van der Waals surface area contributed by atoms with E-state index in [0.29, 0.717) is 25.8 Å². The molecule has 1 heterocycles. The number of amides is 3. The fraction of sp³-hybridized carbons (Fsp3) is 0.778. The molecule has 1 aliphatic rings. The number of unbranched alkanes of at least 4 members (excludes halogenated alkanes) is 1. The summed E-state index contributed by atoms with van der Waals surface area (Å²) < 4.78 is 0. The highest BCUT2D eigenvalue weighted by atomic mass is 16.4.